The maximum absolute atomic E-state index is 12.3. The van der Waals surface area contributed by atoms with Gasteiger partial charge in [-0.1, -0.05) is 31.5 Å². The van der Waals surface area contributed by atoms with Crippen LogP contribution in [-0.4, -0.2) is 29.1 Å². The van der Waals surface area contributed by atoms with Crippen molar-refractivity contribution < 1.29 is 9.59 Å². The van der Waals surface area contributed by atoms with Crippen molar-refractivity contribution in [3.8, 4) is 0 Å². The second kappa shape index (κ2) is 8.94. The van der Waals surface area contributed by atoms with Crippen molar-refractivity contribution in [1.29, 1.82) is 0 Å². The van der Waals surface area contributed by atoms with E-state index >= 15 is 0 Å². The van der Waals surface area contributed by atoms with E-state index in [1.165, 1.54) is 6.21 Å². The minimum Gasteiger partial charge on any atom is -0.340 e. The van der Waals surface area contributed by atoms with Crippen LogP contribution in [0.3, 0.4) is 0 Å². The Morgan fingerprint density at radius 1 is 1.20 bits per heavy atom. The Morgan fingerprint density at radius 3 is 2.52 bits per heavy atom. The molecule has 1 aromatic carbocycles. The van der Waals surface area contributed by atoms with E-state index in [9.17, 15) is 9.59 Å². The Bertz CT molecular complexity index is 745. The van der Waals surface area contributed by atoms with Gasteiger partial charge in [0, 0.05) is 28.5 Å². The van der Waals surface area contributed by atoms with Crippen LogP contribution in [0.25, 0.3) is 0 Å². The molecule has 1 heterocycles. The molecule has 2 rings (SSSR count). The number of carbonyl (C=O) groups is 2. The highest BCUT2D eigenvalue weighted by molar-refractivity contribution is 6.30. The topological polar surface area (TPSA) is 83.5 Å². The fourth-order valence-electron chi connectivity index (χ4n) is 2.05. The molecule has 130 valence electrons. The fourth-order valence-corrected chi connectivity index (χ4v) is 2.18. The summed E-state index contributed by atoms with van der Waals surface area (Å²) < 4.78 is 0. The third kappa shape index (κ3) is 5.69. The molecule has 2 amide bonds. The van der Waals surface area contributed by atoms with Gasteiger partial charge in [-0.05, 0) is 36.2 Å². The van der Waals surface area contributed by atoms with Gasteiger partial charge in [-0.15, -0.1) is 0 Å². The minimum absolute atomic E-state index is 0.107. The monoisotopic (exact) mass is 358 g/mol. The lowest BCUT2D eigenvalue weighted by Gasteiger charge is -2.20. The number of nitrogens with zero attached hydrogens (tertiary/aromatic N) is 2. The molecular weight excluding hydrogens is 340 g/mol. The van der Waals surface area contributed by atoms with Crippen molar-refractivity contribution in [2.75, 3.05) is 0 Å². The number of rotatable bonds is 6. The molecule has 0 bridgehead atoms. The third-order valence-electron chi connectivity index (χ3n) is 3.41. The smallest absolute Gasteiger partial charge is 0.262 e. The van der Waals surface area contributed by atoms with Crippen molar-refractivity contribution >= 4 is 29.6 Å². The summed E-state index contributed by atoms with van der Waals surface area (Å²) in [5.41, 5.74) is 3.64. The van der Waals surface area contributed by atoms with Crippen molar-refractivity contribution in [2.45, 2.75) is 19.9 Å². The number of hydrogen-bond donors (Lipinski definition) is 2. The van der Waals surface area contributed by atoms with Gasteiger partial charge in [-0.3, -0.25) is 14.6 Å². The summed E-state index contributed by atoms with van der Waals surface area (Å²) in [5.74, 6) is -0.843. The normalized spacial score (nSPS) is 12.2. The van der Waals surface area contributed by atoms with Gasteiger partial charge in [0.1, 0.15) is 6.04 Å². The molecule has 0 saturated carbocycles. The molecule has 0 saturated heterocycles. The molecule has 1 aromatic heterocycles. The van der Waals surface area contributed by atoms with Gasteiger partial charge < -0.3 is 5.32 Å². The molecule has 0 spiro atoms. The molecular formula is C18H19ClN4O2. The molecule has 7 heteroatoms. The highest BCUT2D eigenvalue weighted by atomic mass is 35.5. The molecule has 6 nitrogen and oxygen atoms in total. The second-order valence-corrected chi connectivity index (χ2v) is 6.16. The zero-order valence-corrected chi connectivity index (χ0v) is 14.7. The summed E-state index contributed by atoms with van der Waals surface area (Å²) in [5, 5.41) is 7.16. The first-order chi connectivity index (χ1) is 12.0. The zero-order valence-electron chi connectivity index (χ0n) is 13.9. The summed E-state index contributed by atoms with van der Waals surface area (Å²) in [6, 6.07) is 9.32. The van der Waals surface area contributed by atoms with Gasteiger partial charge in [0.05, 0.1) is 6.21 Å². The maximum Gasteiger partial charge on any atom is 0.262 e. The Morgan fingerprint density at radius 2 is 1.92 bits per heavy atom. The number of halogens is 1. The van der Waals surface area contributed by atoms with Gasteiger partial charge in [0.15, 0.2) is 0 Å². The standard InChI is InChI=1S/C18H19ClN4O2/c1-12(2)16(22-17(24)14-5-7-15(19)8-6-14)18(25)23-21-11-13-4-3-9-20-10-13/h3-12,16H,1-2H3,(H,22,24)(H,23,25)/b21-11-. The molecule has 1 atom stereocenters. The van der Waals surface area contributed by atoms with Crippen LogP contribution in [0.4, 0.5) is 0 Å². The molecule has 0 radical (unpaired) electrons. The van der Waals surface area contributed by atoms with E-state index in [0.717, 1.165) is 5.56 Å². The lowest BCUT2D eigenvalue weighted by atomic mass is 10.0. The predicted molar refractivity (Wildman–Crippen MR) is 97.5 cm³/mol. The lowest BCUT2D eigenvalue weighted by Crippen LogP contribution is -2.48. The number of hydrazone groups is 1. The van der Waals surface area contributed by atoms with E-state index in [4.69, 9.17) is 11.6 Å². The number of pyridine rings is 1. The molecule has 25 heavy (non-hydrogen) atoms. The summed E-state index contributed by atoms with van der Waals surface area (Å²) in [6.07, 6.45) is 4.76. The van der Waals surface area contributed by atoms with Crippen molar-refractivity contribution in [2.24, 2.45) is 11.0 Å². The van der Waals surface area contributed by atoms with Crippen LogP contribution in [0.1, 0.15) is 29.8 Å². The summed E-state index contributed by atoms with van der Waals surface area (Å²) in [7, 11) is 0. The molecule has 2 aromatic rings. The van der Waals surface area contributed by atoms with E-state index in [2.05, 4.69) is 20.8 Å². The number of amides is 2. The van der Waals surface area contributed by atoms with Gasteiger partial charge in [-0.2, -0.15) is 5.10 Å². The van der Waals surface area contributed by atoms with Crippen molar-refractivity contribution in [3.05, 3.63) is 64.9 Å². The largest absolute Gasteiger partial charge is 0.340 e. The van der Waals surface area contributed by atoms with Crippen LogP contribution >= 0.6 is 11.6 Å². The quantitative estimate of drug-likeness (QED) is 0.615. The fraction of sp³-hybridized carbons (Fsp3) is 0.222. The van der Waals surface area contributed by atoms with Gasteiger partial charge >= 0.3 is 0 Å². The van der Waals surface area contributed by atoms with Crippen LogP contribution < -0.4 is 10.7 Å². The van der Waals surface area contributed by atoms with Crippen molar-refractivity contribution in [3.63, 3.8) is 0 Å². The molecule has 0 aliphatic carbocycles. The Labute approximate surface area is 151 Å². The second-order valence-electron chi connectivity index (χ2n) is 5.72. The first kappa shape index (κ1) is 18.6. The zero-order chi connectivity index (χ0) is 18.2. The molecule has 0 aliphatic heterocycles. The molecule has 1 unspecified atom stereocenters. The first-order valence-electron chi connectivity index (χ1n) is 7.76. The molecule has 0 aliphatic rings. The lowest BCUT2D eigenvalue weighted by molar-refractivity contribution is -0.123. The SMILES string of the molecule is CC(C)C(NC(=O)c1ccc(Cl)cc1)C(=O)N/N=C\c1cccnc1. The number of nitrogens with one attached hydrogen (secondary N) is 2. The van der Waals surface area contributed by atoms with E-state index in [1.54, 1.807) is 42.7 Å². The van der Waals surface area contributed by atoms with E-state index in [-0.39, 0.29) is 11.8 Å². The van der Waals surface area contributed by atoms with E-state index < -0.39 is 11.9 Å². The number of aromatic nitrogens is 1. The highest BCUT2D eigenvalue weighted by Crippen LogP contribution is 2.10. The predicted octanol–water partition coefficient (Wildman–Crippen LogP) is 2.64. The maximum atomic E-state index is 12.3. The number of carbonyl (C=O) groups excluding carboxylic acids is 2. The number of benzene rings is 1. The Kier molecular flexibility index (Phi) is 6.65. The van der Waals surface area contributed by atoms with Crippen LogP contribution in [0.2, 0.25) is 5.02 Å². The number of hydrogen-bond acceptors (Lipinski definition) is 4. The van der Waals surface area contributed by atoms with E-state index in [0.29, 0.717) is 10.6 Å². The molecule has 2 N–H and O–H groups in total. The summed E-state index contributed by atoms with van der Waals surface area (Å²) in [6.45, 7) is 3.69. The van der Waals surface area contributed by atoms with Crippen LogP contribution in [0, 0.1) is 5.92 Å². The minimum atomic E-state index is -0.714. The van der Waals surface area contributed by atoms with Crippen LogP contribution in [0.5, 0.6) is 0 Å². The van der Waals surface area contributed by atoms with Gasteiger partial charge in [0.25, 0.3) is 11.8 Å². The molecule has 0 fully saturated rings. The average Bonchev–Trinajstić information content (AvgIpc) is 2.60. The third-order valence-corrected chi connectivity index (χ3v) is 3.67. The van der Waals surface area contributed by atoms with E-state index in [1.807, 2.05) is 19.9 Å². The van der Waals surface area contributed by atoms with Gasteiger partial charge in [0.2, 0.25) is 0 Å². The van der Waals surface area contributed by atoms with Crippen LogP contribution in [-0.2, 0) is 4.79 Å². The first-order valence-corrected chi connectivity index (χ1v) is 8.14. The Balaban J connectivity index is 1.99. The highest BCUT2D eigenvalue weighted by Gasteiger charge is 2.24. The van der Waals surface area contributed by atoms with Gasteiger partial charge in [-0.25, -0.2) is 5.43 Å². The Hall–Kier alpha value is -2.73. The summed E-state index contributed by atoms with van der Waals surface area (Å²) >= 11 is 5.81. The average molecular weight is 359 g/mol. The van der Waals surface area contributed by atoms with Crippen molar-refractivity contribution in [1.82, 2.24) is 15.7 Å². The van der Waals surface area contributed by atoms with Crippen LogP contribution in [0.15, 0.2) is 53.9 Å². The summed E-state index contributed by atoms with van der Waals surface area (Å²) in [4.78, 5) is 28.6.